The summed E-state index contributed by atoms with van der Waals surface area (Å²) in [5.41, 5.74) is 0. The largest absolute Gasteiger partial charge is 0.348 e. The molecule has 0 aromatic heterocycles. The number of hydrogen-bond acceptors (Lipinski definition) is 3. The van der Waals surface area contributed by atoms with Crippen molar-refractivity contribution in [3.63, 3.8) is 0 Å². The first kappa shape index (κ1) is 9.49. The zero-order valence-electron chi connectivity index (χ0n) is 6.14. The van der Waals surface area contributed by atoms with Crippen LogP contribution in [0.25, 0.3) is 0 Å². The lowest BCUT2D eigenvalue weighted by molar-refractivity contribution is -0.122. The molecule has 0 spiro atoms. The predicted octanol–water partition coefficient (Wildman–Crippen LogP) is 0.0546. The second kappa shape index (κ2) is 5.29. The number of rotatable bonds is 4. The van der Waals surface area contributed by atoms with Crippen molar-refractivity contribution >= 4 is 23.5 Å². The van der Waals surface area contributed by atoms with Gasteiger partial charge < -0.3 is 5.32 Å². The summed E-state index contributed by atoms with van der Waals surface area (Å²) in [4.78, 5) is 21.0. The third kappa shape index (κ3) is 5.62. The molecule has 0 unspecified atom stereocenters. The molecule has 1 N–H and O–H groups in total. The van der Waals surface area contributed by atoms with Crippen LogP contribution in [0, 0.1) is 0 Å². The van der Waals surface area contributed by atoms with Crippen LogP contribution in [0.2, 0.25) is 0 Å². The second-order valence-corrected chi connectivity index (χ2v) is 2.78. The fraction of sp³-hybridized carbons (Fsp3) is 0.667. The lowest BCUT2D eigenvalue weighted by Gasteiger charge is -1.98. The van der Waals surface area contributed by atoms with Gasteiger partial charge in [-0.2, -0.15) is 11.8 Å². The van der Waals surface area contributed by atoms with Gasteiger partial charge >= 0.3 is 0 Å². The van der Waals surface area contributed by atoms with Crippen molar-refractivity contribution in [1.29, 1.82) is 0 Å². The van der Waals surface area contributed by atoms with Gasteiger partial charge in [0.25, 0.3) is 0 Å². The molecule has 0 saturated heterocycles. The average Bonchev–Trinajstić information content (AvgIpc) is 1.85. The molecule has 3 nitrogen and oxygen atoms in total. The zero-order chi connectivity index (χ0) is 7.98. The van der Waals surface area contributed by atoms with Gasteiger partial charge in [0.05, 0.1) is 12.3 Å². The molecule has 0 aliphatic rings. The van der Waals surface area contributed by atoms with Crippen LogP contribution >= 0.6 is 11.8 Å². The molecule has 0 radical (unpaired) electrons. The van der Waals surface area contributed by atoms with Crippen LogP contribution in [0.15, 0.2) is 0 Å². The molecule has 0 heterocycles. The van der Waals surface area contributed by atoms with Crippen LogP contribution < -0.4 is 5.32 Å². The van der Waals surface area contributed by atoms with Gasteiger partial charge in [-0.25, -0.2) is 0 Å². The molecule has 0 saturated carbocycles. The van der Waals surface area contributed by atoms with Crippen LogP contribution in [0.4, 0.5) is 0 Å². The standard InChI is InChI=1S/C6H11NO2S/c1-5(8)3-7-6(9)4-10-2/h3-4H2,1-2H3,(H,7,9). The Morgan fingerprint density at radius 1 is 1.50 bits per heavy atom. The number of carbonyl (C=O) groups is 2. The number of amides is 1. The summed E-state index contributed by atoms with van der Waals surface area (Å²) in [5.74, 6) is 0.324. The first-order valence-corrected chi connectivity index (χ1v) is 4.31. The molecular formula is C6H11NO2S. The smallest absolute Gasteiger partial charge is 0.230 e. The molecule has 0 bridgehead atoms. The maximum atomic E-state index is 10.7. The minimum Gasteiger partial charge on any atom is -0.348 e. The lowest BCUT2D eigenvalue weighted by Crippen LogP contribution is -2.29. The average molecular weight is 161 g/mol. The Hall–Kier alpha value is -0.510. The van der Waals surface area contributed by atoms with E-state index in [1.807, 2.05) is 6.26 Å². The summed E-state index contributed by atoms with van der Waals surface area (Å²) in [7, 11) is 0. The van der Waals surface area contributed by atoms with E-state index in [4.69, 9.17) is 0 Å². The highest BCUT2D eigenvalue weighted by atomic mass is 32.2. The molecule has 0 aliphatic heterocycles. The molecule has 4 heteroatoms. The van der Waals surface area contributed by atoms with E-state index in [9.17, 15) is 9.59 Å². The van der Waals surface area contributed by atoms with Crippen LogP contribution in [-0.2, 0) is 9.59 Å². The van der Waals surface area contributed by atoms with Crippen LogP contribution in [-0.4, -0.2) is 30.2 Å². The normalized spacial score (nSPS) is 9.00. The van der Waals surface area contributed by atoms with Gasteiger partial charge in [0, 0.05) is 0 Å². The fourth-order valence-corrected chi connectivity index (χ4v) is 0.769. The molecule has 1 amide bonds. The van der Waals surface area contributed by atoms with Gasteiger partial charge in [0.1, 0.15) is 5.78 Å². The third-order valence-electron chi connectivity index (χ3n) is 0.810. The Bertz CT molecular complexity index is 136. The first-order chi connectivity index (χ1) is 4.66. The summed E-state index contributed by atoms with van der Waals surface area (Å²) in [5, 5.41) is 2.47. The summed E-state index contributed by atoms with van der Waals surface area (Å²) in [6.45, 7) is 1.60. The molecule has 0 aromatic carbocycles. The highest BCUT2D eigenvalue weighted by molar-refractivity contribution is 7.99. The van der Waals surface area contributed by atoms with E-state index in [0.29, 0.717) is 5.75 Å². The summed E-state index contributed by atoms with van der Waals surface area (Å²) >= 11 is 1.44. The van der Waals surface area contributed by atoms with Gasteiger partial charge in [0.15, 0.2) is 0 Å². The van der Waals surface area contributed by atoms with Crippen LogP contribution in [0.3, 0.4) is 0 Å². The molecule has 58 valence electrons. The van der Waals surface area contributed by atoms with E-state index in [2.05, 4.69) is 5.32 Å². The molecule has 0 fully saturated rings. The minimum absolute atomic E-state index is 0.0190. The van der Waals surface area contributed by atoms with Gasteiger partial charge in [-0.15, -0.1) is 0 Å². The Labute approximate surface area is 64.6 Å². The van der Waals surface area contributed by atoms with E-state index in [1.54, 1.807) is 0 Å². The van der Waals surface area contributed by atoms with Crippen molar-refractivity contribution in [3.8, 4) is 0 Å². The fourth-order valence-electron chi connectivity index (χ4n) is 0.405. The van der Waals surface area contributed by atoms with Crippen molar-refractivity contribution < 1.29 is 9.59 Å². The first-order valence-electron chi connectivity index (χ1n) is 2.92. The molecular weight excluding hydrogens is 150 g/mol. The van der Waals surface area contributed by atoms with Gasteiger partial charge in [-0.05, 0) is 13.2 Å². The maximum Gasteiger partial charge on any atom is 0.230 e. The number of Topliss-reactive ketones (excluding diaryl/α,β-unsaturated/α-hetero) is 1. The van der Waals surface area contributed by atoms with Crippen molar-refractivity contribution in [2.45, 2.75) is 6.92 Å². The SMILES string of the molecule is CSCC(=O)NCC(C)=O. The van der Waals surface area contributed by atoms with E-state index in [0.717, 1.165) is 0 Å². The number of nitrogens with one attached hydrogen (secondary N) is 1. The molecule has 0 atom stereocenters. The van der Waals surface area contributed by atoms with Gasteiger partial charge in [-0.3, -0.25) is 9.59 Å². The van der Waals surface area contributed by atoms with E-state index >= 15 is 0 Å². The number of ketones is 1. The summed E-state index contributed by atoms with van der Waals surface area (Å²) in [6.07, 6.45) is 1.84. The Balaban J connectivity index is 3.30. The zero-order valence-corrected chi connectivity index (χ0v) is 6.96. The number of carbonyl (C=O) groups excluding carboxylic acids is 2. The Morgan fingerprint density at radius 3 is 2.50 bits per heavy atom. The highest BCUT2D eigenvalue weighted by Gasteiger charge is 1.98. The Kier molecular flexibility index (Phi) is 5.02. The van der Waals surface area contributed by atoms with Gasteiger partial charge in [-0.1, -0.05) is 0 Å². The number of thioether (sulfide) groups is 1. The van der Waals surface area contributed by atoms with E-state index < -0.39 is 0 Å². The monoisotopic (exact) mass is 161 g/mol. The molecule has 0 rings (SSSR count). The summed E-state index contributed by atoms with van der Waals surface area (Å²) in [6, 6.07) is 0. The van der Waals surface area contributed by atoms with Crippen molar-refractivity contribution in [2.75, 3.05) is 18.6 Å². The predicted molar refractivity (Wildman–Crippen MR) is 42.1 cm³/mol. The van der Waals surface area contributed by atoms with E-state index in [1.165, 1.54) is 18.7 Å². The lowest BCUT2D eigenvalue weighted by atomic mass is 10.4. The summed E-state index contributed by atoms with van der Waals surface area (Å²) < 4.78 is 0. The third-order valence-corrected chi connectivity index (χ3v) is 1.36. The molecule has 0 aliphatic carbocycles. The Morgan fingerprint density at radius 2 is 2.10 bits per heavy atom. The minimum atomic E-state index is -0.0808. The van der Waals surface area contributed by atoms with Crippen molar-refractivity contribution in [1.82, 2.24) is 5.32 Å². The quantitative estimate of drug-likeness (QED) is 0.634. The second-order valence-electron chi connectivity index (χ2n) is 1.91. The van der Waals surface area contributed by atoms with Crippen molar-refractivity contribution in [2.24, 2.45) is 0 Å². The van der Waals surface area contributed by atoms with Gasteiger partial charge in [0.2, 0.25) is 5.91 Å². The molecule has 10 heavy (non-hydrogen) atoms. The van der Waals surface area contributed by atoms with E-state index in [-0.39, 0.29) is 18.2 Å². The van der Waals surface area contributed by atoms with Crippen LogP contribution in [0.1, 0.15) is 6.92 Å². The van der Waals surface area contributed by atoms with Crippen LogP contribution in [0.5, 0.6) is 0 Å². The highest BCUT2D eigenvalue weighted by Crippen LogP contribution is 1.88. The topological polar surface area (TPSA) is 46.2 Å². The maximum absolute atomic E-state index is 10.7. The van der Waals surface area contributed by atoms with Crippen molar-refractivity contribution in [3.05, 3.63) is 0 Å². The number of hydrogen-bond donors (Lipinski definition) is 1. The molecule has 0 aromatic rings.